The predicted molar refractivity (Wildman–Crippen MR) is 47.2 cm³/mol. The minimum Gasteiger partial charge on any atom is -0.443 e. The van der Waals surface area contributed by atoms with Crippen LogP contribution in [-0.2, 0) is 0 Å². The van der Waals surface area contributed by atoms with E-state index in [4.69, 9.17) is 4.42 Å². The third-order valence-corrected chi connectivity index (χ3v) is 2.58. The van der Waals surface area contributed by atoms with Crippen LogP contribution in [0.25, 0.3) is 21.3 Å². The zero-order valence-electron chi connectivity index (χ0n) is 6.02. The van der Waals surface area contributed by atoms with Crippen LogP contribution >= 0.6 is 11.3 Å². The van der Waals surface area contributed by atoms with Crippen LogP contribution in [-0.4, -0.2) is 9.97 Å². The fourth-order valence-electron chi connectivity index (χ4n) is 1.21. The Bertz CT molecular complexity index is 449. The van der Waals surface area contributed by atoms with Crippen molar-refractivity contribution in [3.63, 3.8) is 0 Å². The molecule has 0 spiro atoms. The van der Waals surface area contributed by atoms with Crippen LogP contribution in [0.1, 0.15) is 0 Å². The lowest BCUT2D eigenvalue weighted by Crippen LogP contribution is -1.68. The van der Waals surface area contributed by atoms with Gasteiger partial charge >= 0.3 is 0 Å². The molecule has 0 unspecified atom stereocenters. The summed E-state index contributed by atoms with van der Waals surface area (Å²) in [6.45, 7) is 0. The highest BCUT2D eigenvalue weighted by atomic mass is 32.1. The van der Waals surface area contributed by atoms with Gasteiger partial charge in [-0.15, -0.1) is 11.3 Å². The van der Waals surface area contributed by atoms with E-state index < -0.39 is 0 Å². The number of aromatic nitrogens is 2. The molecular formula is C8H4N2OS. The van der Waals surface area contributed by atoms with E-state index >= 15 is 0 Å². The summed E-state index contributed by atoms with van der Waals surface area (Å²) in [5.41, 5.74) is 4.50. The lowest BCUT2D eigenvalue weighted by atomic mass is 10.3. The van der Waals surface area contributed by atoms with Crippen molar-refractivity contribution in [1.29, 1.82) is 0 Å². The number of benzene rings is 1. The lowest BCUT2D eigenvalue weighted by molar-refractivity contribution is 0.602. The minimum atomic E-state index is 0.826. The lowest BCUT2D eigenvalue weighted by Gasteiger charge is -1.85. The van der Waals surface area contributed by atoms with E-state index in [1.165, 1.54) is 6.39 Å². The molecule has 2 heterocycles. The summed E-state index contributed by atoms with van der Waals surface area (Å²) < 4.78 is 6.30. The largest absolute Gasteiger partial charge is 0.443 e. The van der Waals surface area contributed by atoms with E-state index in [-0.39, 0.29) is 0 Å². The maximum Gasteiger partial charge on any atom is 0.181 e. The third-order valence-electron chi connectivity index (χ3n) is 1.78. The second kappa shape index (κ2) is 2.04. The van der Waals surface area contributed by atoms with E-state index in [0.29, 0.717) is 0 Å². The first kappa shape index (κ1) is 6.14. The van der Waals surface area contributed by atoms with Gasteiger partial charge in [-0.3, -0.25) is 0 Å². The Morgan fingerprint density at radius 3 is 3.17 bits per heavy atom. The highest BCUT2D eigenvalue weighted by Crippen LogP contribution is 2.23. The Kier molecular flexibility index (Phi) is 1.04. The molecule has 0 bridgehead atoms. The first-order chi connectivity index (χ1) is 5.93. The molecule has 1 aromatic carbocycles. The average molecular weight is 176 g/mol. The maximum absolute atomic E-state index is 5.16. The van der Waals surface area contributed by atoms with Gasteiger partial charge in [-0.05, 0) is 6.07 Å². The van der Waals surface area contributed by atoms with Crippen molar-refractivity contribution in [1.82, 2.24) is 9.97 Å². The van der Waals surface area contributed by atoms with Gasteiger partial charge in [-0.1, -0.05) is 0 Å². The maximum atomic E-state index is 5.16. The molecule has 3 aromatic rings. The molecule has 12 heavy (non-hydrogen) atoms. The molecule has 0 amide bonds. The molecule has 0 aliphatic carbocycles. The zero-order chi connectivity index (χ0) is 7.97. The number of fused-ring (bicyclic) bond motifs is 2. The van der Waals surface area contributed by atoms with E-state index in [0.717, 1.165) is 21.3 Å². The molecule has 0 aliphatic rings. The van der Waals surface area contributed by atoms with Gasteiger partial charge in [0.1, 0.15) is 5.52 Å². The van der Waals surface area contributed by atoms with Crippen molar-refractivity contribution in [2.24, 2.45) is 0 Å². The molecule has 0 atom stereocenters. The second-order valence-corrected chi connectivity index (χ2v) is 3.38. The van der Waals surface area contributed by atoms with Crippen LogP contribution in [0.5, 0.6) is 0 Å². The summed E-state index contributed by atoms with van der Waals surface area (Å²) in [6, 6.07) is 3.90. The van der Waals surface area contributed by atoms with E-state index in [1.807, 2.05) is 17.6 Å². The van der Waals surface area contributed by atoms with Gasteiger partial charge in [-0.2, -0.15) is 0 Å². The zero-order valence-corrected chi connectivity index (χ0v) is 6.84. The number of thiazole rings is 1. The van der Waals surface area contributed by atoms with Crippen molar-refractivity contribution in [2.75, 3.05) is 0 Å². The number of oxazole rings is 1. The number of hydrogen-bond acceptors (Lipinski definition) is 4. The van der Waals surface area contributed by atoms with Crippen molar-refractivity contribution >= 4 is 32.7 Å². The Hall–Kier alpha value is -1.42. The van der Waals surface area contributed by atoms with Gasteiger partial charge < -0.3 is 4.42 Å². The van der Waals surface area contributed by atoms with Gasteiger partial charge in [0, 0.05) is 6.07 Å². The first-order valence-electron chi connectivity index (χ1n) is 3.50. The van der Waals surface area contributed by atoms with Gasteiger partial charge in [0.25, 0.3) is 0 Å². The molecule has 0 aliphatic heterocycles. The summed E-state index contributed by atoms with van der Waals surface area (Å²) >= 11 is 1.61. The average Bonchev–Trinajstić information content (AvgIpc) is 2.64. The summed E-state index contributed by atoms with van der Waals surface area (Å²) in [7, 11) is 0. The highest BCUT2D eigenvalue weighted by Gasteiger charge is 2.02. The molecule has 3 rings (SSSR count). The SMILES string of the molecule is c1nc2cc3ncsc3cc2o1. The molecule has 0 fully saturated rings. The van der Waals surface area contributed by atoms with Crippen LogP contribution in [0, 0.1) is 0 Å². The van der Waals surface area contributed by atoms with E-state index in [1.54, 1.807) is 11.3 Å². The smallest absolute Gasteiger partial charge is 0.181 e. The molecule has 0 N–H and O–H groups in total. The predicted octanol–water partition coefficient (Wildman–Crippen LogP) is 2.44. The van der Waals surface area contributed by atoms with Crippen LogP contribution in [0.4, 0.5) is 0 Å². The monoisotopic (exact) mass is 176 g/mol. The van der Waals surface area contributed by atoms with Gasteiger partial charge in [0.05, 0.1) is 15.7 Å². The molecule has 3 nitrogen and oxygen atoms in total. The van der Waals surface area contributed by atoms with Crippen LogP contribution < -0.4 is 0 Å². The Labute approximate surface area is 71.7 Å². The topological polar surface area (TPSA) is 38.9 Å². The van der Waals surface area contributed by atoms with Crippen molar-refractivity contribution in [2.45, 2.75) is 0 Å². The molecule has 0 saturated carbocycles. The van der Waals surface area contributed by atoms with Crippen molar-refractivity contribution in [3.05, 3.63) is 24.0 Å². The molecule has 58 valence electrons. The fraction of sp³-hybridized carbons (Fsp3) is 0. The highest BCUT2D eigenvalue weighted by molar-refractivity contribution is 7.16. The van der Waals surface area contributed by atoms with E-state index in [2.05, 4.69) is 9.97 Å². The van der Waals surface area contributed by atoms with E-state index in [9.17, 15) is 0 Å². The molecule has 4 heteroatoms. The summed E-state index contributed by atoms with van der Waals surface area (Å²) in [6.07, 6.45) is 1.45. The van der Waals surface area contributed by atoms with Gasteiger partial charge in [0.15, 0.2) is 12.0 Å². The van der Waals surface area contributed by atoms with Crippen LogP contribution in [0.3, 0.4) is 0 Å². The minimum absolute atomic E-state index is 0.826. The first-order valence-corrected chi connectivity index (χ1v) is 4.38. The Balaban J connectivity index is 2.62. The van der Waals surface area contributed by atoms with Crippen molar-refractivity contribution in [3.8, 4) is 0 Å². The summed E-state index contributed by atoms with van der Waals surface area (Å²) in [5, 5.41) is 0. The standard InChI is InChI=1S/C8H4N2OS/c1-5-7(11-3-9-5)2-8-6(1)10-4-12-8/h1-4H. The quantitative estimate of drug-likeness (QED) is 0.528. The normalized spacial score (nSPS) is 11.3. The van der Waals surface area contributed by atoms with Crippen LogP contribution in [0.15, 0.2) is 28.5 Å². The Morgan fingerprint density at radius 1 is 1.17 bits per heavy atom. The fourth-order valence-corrected chi connectivity index (χ4v) is 1.90. The van der Waals surface area contributed by atoms with Crippen LogP contribution in [0.2, 0.25) is 0 Å². The van der Waals surface area contributed by atoms with Gasteiger partial charge in [-0.25, -0.2) is 9.97 Å². The number of rotatable bonds is 0. The van der Waals surface area contributed by atoms with Crippen molar-refractivity contribution < 1.29 is 4.42 Å². The van der Waals surface area contributed by atoms with Gasteiger partial charge in [0.2, 0.25) is 0 Å². The molecular weight excluding hydrogens is 172 g/mol. The molecule has 0 saturated heterocycles. The Morgan fingerprint density at radius 2 is 2.17 bits per heavy atom. The summed E-state index contributed by atoms with van der Waals surface area (Å²) in [5.74, 6) is 0. The number of hydrogen-bond donors (Lipinski definition) is 0. The second-order valence-electron chi connectivity index (χ2n) is 2.49. The number of nitrogens with zero attached hydrogens (tertiary/aromatic N) is 2. The molecule has 2 aromatic heterocycles. The molecule has 0 radical (unpaired) electrons. The summed E-state index contributed by atoms with van der Waals surface area (Å²) in [4.78, 5) is 8.23. The third kappa shape index (κ3) is 0.698.